The van der Waals surface area contributed by atoms with E-state index in [1.807, 2.05) is 0 Å². The van der Waals surface area contributed by atoms with Crippen molar-refractivity contribution in [2.75, 3.05) is 23.3 Å². The fourth-order valence-electron chi connectivity index (χ4n) is 4.81. The first-order chi connectivity index (χ1) is 13.6. The van der Waals surface area contributed by atoms with Crippen LogP contribution in [0.4, 0.5) is 11.4 Å². The third-order valence-corrected chi connectivity index (χ3v) is 6.68. The fraction of sp³-hybridized carbons (Fsp3) is 0.385. The lowest BCUT2D eigenvalue weighted by Crippen LogP contribution is -2.43. The van der Waals surface area contributed by atoms with E-state index >= 15 is 0 Å². The minimum Gasteiger partial charge on any atom is -0.374 e. The maximum absolute atomic E-state index is 3.99. The Balaban J connectivity index is 1.82. The monoisotopic (exact) mass is 372 g/mol. The van der Waals surface area contributed by atoms with Crippen molar-refractivity contribution in [1.82, 2.24) is 0 Å². The van der Waals surface area contributed by atoms with Gasteiger partial charge in [0.1, 0.15) is 0 Å². The number of hydrogen-bond donors (Lipinski definition) is 1. The van der Waals surface area contributed by atoms with Crippen molar-refractivity contribution in [2.45, 2.75) is 46.1 Å². The highest BCUT2D eigenvalue weighted by Crippen LogP contribution is 2.44. The number of allylic oxidation sites excluding steroid dienone is 2. The molecule has 28 heavy (non-hydrogen) atoms. The van der Waals surface area contributed by atoms with E-state index in [1.165, 1.54) is 33.6 Å². The summed E-state index contributed by atoms with van der Waals surface area (Å²) in [6, 6.07) is 13.7. The standard InChI is InChI=1S/C26H32N2/c1-5-26(15-11-10-12-19(26)4)27-24-17-21-16-20-13-8-9-14-22(20)23(21)18-25(24)28(6-2)7-3/h8-15,17-19,27H,5-7,16H2,1-4H3. The van der Waals surface area contributed by atoms with Gasteiger partial charge in [0.2, 0.25) is 0 Å². The van der Waals surface area contributed by atoms with Gasteiger partial charge in [0.05, 0.1) is 16.9 Å². The first-order valence-corrected chi connectivity index (χ1v) is 10.8. The first-order valence-electron chi connectivity index (χ1n) is 10.8. The Labute approximate surface area is 170 Å². The molecule has 2 aromatic rings. The van der Waals surface area contributed by atoms with Crippen LogP contribution in [0.5, 0.6) is 0 Å². The topological polar surface area (TPSA) is 15.3 Å². The van der Waals surface area contributed by atoms with Crippen molar-refractivity contribution in [3.05, 3.63) is 71.8 Å². The fourth-order valence-corrected chi connectivity index (χ4v) is 4.81. The highest BCUT2D eigenvalue weighted by molar-refractivity contribution is 5.86. The van der Waals surface area contributed by atoms with Gasteiger partial charge in [-0.1, -0.05) is 62.4 Å². The number of nitrogens with one attached hydrogen (secondary N) is 1. The molecule has 0 aliphatic heterocycles. The van der Waals surface area contributed by atoms with Crippen LogP contribution in [0.1, 0.15) is 45.2 Å². The summed E-state index contributed by atoms with van der Waals surface area (Å²) in [5.41, 5.74) is 8.24. The highest BCUT2D eigenvalue weighted by Gasteiger charge is 2.33. The van der Waals surface area contributed by atoms with Crippen molar-refractivity contribution in [1.29, 1.82) is 0 Å². The average molecular weight is 373 g/mol. The van der Waals surface area contributed by atoms with Gasteiger partial charge >= 0.3 is 0 Å². The van der Waals surface area contributed by atoms with Crippen LogP contribution in [0.25, 0.3) is 11.1 Å². The predicted octanol–water partition coefficient (Wildman–Crippen LogP) is 6.43. The van der Waals surface area contributed by atoms with Gasteiger partial charge in [0, 0.05) is 19.0 Å². The van der Waals surface area contributed by atoms with Crippen molar-refractivity contribution < 1.29 is 0 Å². The van der Waals surface area contributed by atoms with E-state index in [0.717, 1.165) is 25.9 Å². The van der Waals surface area contributed by atoms with E-state index in [4.69, 9.17) is 0 Å². The zero-order chi connectivity index (χ0) is 19.7. The van der Waals surface area contributed by atoms with Crippen molar-refractivity contribution in [3.8, 4) is 11.1 Å². The van der Waals surface area contributed by atoms with Crippen LogP contribution in [0.3, 0.4) is 0 Å². The summed E-state index contributed by atoms with van der Waals surface area (Å²) in [7, 11) is 0. The van der Waals surface area contributed by atoms with E-state index < -0.39 is 0 Å². The van der Waals surface area contributed by atoms with Gasteiger partial charge in [-0.05, 0) is 61.1 Å². The molecule has 0 amide bonds. The van der Waals surface area contributed by atoms with E-state index in [9.17, 15) is 0 Å². The molecule has 0 aromatic heterocycles. The molecule has 2 unspecified atom stereocenters. The zero-order valence-corrected chi connectivity index (χ0v) is 17.6. The molecule has 146 valence electrons. The summed E-state index contributed by atoms with van der Waals surface area (Å²) in [5, 5.41) is 3.99. The number of benzene rings is 2. The number of rotatable bonds is 6. The maximum Gasteiger partial charge on any atom is 0.0617 e. The first kappa shape index (κ1) is 18.9. The molecular weight excluding hydrogens is 340 g/mol. The number of nitrogens with zero attached hydrogens (tertiary/aromatic N) is 1. The molecule has 0 saturated heterocycles. The molecule has 0 radical (unpaired) electrons. The smallest absolute Gasteiger partial charge is 0.0617 e. The zero-order valence-electron chi connectivity index (χ0n) is 17.6. The van der Waals surface area contributed by atoms with E-state index in [0.29, 0.717) is 5.92 Å². The number of hydrogen-bond acceptors (Lipinski definition) is 2. The molecule has 2 heteroatoms. The predicted molar refractivity (Wildman–Crippen MR) is 122 cm³/mol. The molecule has 0 saturated carbocycles. The maximum atomic E-state index is 3.99. The number of anilines is 2. The van der Waals surface area contributed by atoms with E-state index in [-0.39, 0.29) is 5.54 Å². The van der Waals surface area contributed by atoms with E-state index in [1.54, 1.807) is 0 Å². The molecule has 0 fully saturated rings. The summed E-state index contributed by atoms with van der Waals surface area (Å²) in [6.07, 6.45) is 11.1. The molecule has 0 spiro atoms. The molecule has 4 rings (SSSR count). The molecule has 1 N–H and O–H groups in total. The Morgan fingerprint density at radius 2 is 1.79 bits per heavy atom. The Hall–Kier alpha value is -2.48. The largest absolute Gasteiger partial charge is 0.374 e. The third-order valence-electron chi connectivity index (χ3n) is 6.68. The lowest BCUT2D eigenvalue weighted by molar-refractivity contribution is 0.439. The van der Waals surface area contributed by atoms with Crippen LogP contribution < -0.4 is 10.2 Å². The molecule has 2 aliphatic carbocycles. The summed E-state index contributed by atoms with van der Waals surface area (Å²) < 4.78 is 0. The number of fused-ring (bicyclic) bond motifs is 3. The third kappa shape index (κ3) is 3.05. The highest BCUT2D eigenvalue weighted by atomic mass is 15.1. The molecule has 0 bridgehead atoms. The van der Waals surface area contributed by atoms with Crippen molar-refractivity contribution in [3.63, 3.8) is 0 Å². The Bertz CT molecular complexity index is 920. The molecule has 2 aromatic carbocycles. The van der Waals surface area contributed by atoms with Gasteiger partial charge in [0.25, 0.3) is 0 Å². The second kappa shape index (κ2) is 7.50. The van der Waals surface area contributed by atoms with Gasteiger partial charge in [-0.3, -0.25) is 0 Å². The summed E-state index contributed by atoms with van der Waals surface area (Å²) in [5.74, 6) is 0.456. The summed E-state index contributed by atoms with van der Waals surface area (Å²) in [4.78, 5) is 2.47. The lowest BCUT2D eigenvalue weighted by atomic mass is 9.79. The Kier molecular flexibility index (Phi) is 5.05. The SMILES string of the molecule is CCN(CC)c1cc2c(cc1NC1(CC)C=CC=CC1C)Cc1ccccc1-2. The minimum absolute atomic E-state index is 0.0314. The summed E-state index contributed by atoms with van der Waals surface area (Å²) >= 11 is 0. The van der Waals surface area contributed by atoms with Crippen LogP contribution in [-0.4, -0.2) is 18.6 Å². The molecule has 2 aliphatic rings. The van der Waals surface area contributed by atoms with Gasteiger partial charge in [-0.25, -0.2) is 0 Å². The van der Waals surface area contributed by atoms with E-state index in [2.05, 4.69) is 98.6 Å². The van der Waals surface area contributed by atoms with Crippen molar-refractivity contribution >= 4 is 11.4 Å². The van der Waals surface area contributed by atoms with Gasteiger partial charge in [-0.2, -0.15) is 0 Å². The van der Waals surface area contributed by atoms with Crippen LogP contribution in [0, 0.1) is 5.92 Å². The quantitative estimate of drug-likeness (QED) is 0.536. The molecule has 2 nitrogen and oxygen atoms in total. The summed E-state index contributed by atoms with van der Waals surface area (Å²) in [6.45, 7) is 11.1. The van der Waals surface area contributed by atoms with Gasteiger partial charge < -0.3 is 10.2 Å². The molecular formula is C26H32N2. The normalized spacial score (nSPS) is 22.1. The average Bonchev–Trinajstić information content (AvgIpc) is 3.08. The van der Waals surface area contributed by atoms with Crippen LogP contribution >= 0.6 is 0 Å². The molecule has 2 atom stereocenters. The minimum atomic E-state index is -0.0314. The molecule has 0 heterocycles. The second-order valence-corrected chi connectivity index (χ2v) is 8.08. The Morgan fingerprint density at radius 1 is 1.00 bits per heavy atom. The van der Waals surface area contributed by atoms with Crippen LogP contribution in [-0.2, 0) is 6.42 Å². The van der Waals surface area contributed by atoms with Crippen LogP contribution in [0.2, 0.25) is 0 Å². The lowest BCUT2D eigenvalue weighted by Gasteiger charge is -2.39. The Morgan fingerprint density at radius 3 is 2.50 bits per heavy atom. The van der Waals surface area contributed by atoms with Crippen molar-refractivity contribution in [2.24, 2.45) is 5.92 Å². The van der Waals surface area contributed by atoms with Crippen LogP contribution in [0.15, 0.2) is 60.7 Å². The van der Waals surface area contributed by atoms with Gasteiger partial charge in [0.15, 0.2) is 0 Å². The van der Waals surface area contributed by atoms with Gasteiger partial charge in [-0.15, -0.1) is 0 Å². The second-order valence-electron chi connectivity index (χ2n) is 8.08.